The number of nitrogens with zero attached hydrogens (tertiary/aromatic N) is 2. The van der Waals surface area contributed by atoms with Gasteiger partial charge in [-0.3, -0.25) is 4.98 Å². The molecule has 0 unspecified atom stereocenters. The molecule has 0 aliphatic heterocycles. The third-order valence-corrected chi connectivity index (χ3v) is 4.52. The number of benzene rings is 2. The number of rotatable bonds is 10. The summed E-state index contributed by atoms with van der Waals surface area (Å²) in [7, 11) is 3.77. The van der Waals surface area contributed by atoms with Gasteiger partial charge in [0.25, 0.3) is 0 Å². The molecule has 1 aromatic heterocycles. The maximum absolute atomic E-state index is 5.90. The van der Waals surface area contributed by atoms with Gasteiger partial charge in [0.1, 0.15) is 6.61 Å². The van der Waals surface area contributed by atoms with Crippen molar-refractivity contribution in [2.75, 3.05) is 32.1 Å². The number of methoxy groups -OCH3 is 1. The Labute approximate surface area is 166 Å². The first kappa shape index (κ1) is 19.7. The zero-order valence-corrected chi connectivity index (χ0v) is 16.5. The summed E-state index contributed by atoms with van der Waals surface area (Å²) >= 11 is 0. The highest BCUT2D eigenvalue weighted by molar-refractivity contribution is 5.45. The number of nitrogens with one attached hydrogen (secondary N) is 1. The molecule has 0 atom stereocenters. The summed E-state index contributed by atoms with van der Waals surface area (Å²) in [6.45, 7) is 3.11. The van der Waals surface area contributed by atoms with E-state index in [4.69, 9.17) is 9.47 Å². The number of aromatic nitrogens is 1. The lowest BCUT2D eigenvalue weighted by atomic mass is 10.2. The van der Waals surface area contributed by atoms with E-state index < -0.39 is 0 Å². The van der Waals surface area contributed by atoms with Gasteiger partial charge >= 0.3 is 0 Å². The van der Waals surface area contributed by atoms with Crippen LogP contribution in [0.4, 0.5) is 5.69 Å². The van der Waals surface area contributed by atoms with Crippen molar-refractivity contribution >= 4 is 5.69 Å². The summed E-state index contributed by atoms with van der Waals surface area (Å²) in [5, 5.41) is 3.49. The average molecular weight is 377 g/mol. The molecular formula is C23H27N3O2. The van der Waals surface area contributed by atoms with Crippen LogP contribution in [0.25, 0.3) is 0 Å². The van der Waals surface area contributed by atoms with Crippen molar-refractivity contribution in [1.82, 2.24) is 10.3 Å². The van der Waals surface area contributed by atoms with Crippen LogP contribution >= 0.6 is 0 Å². The molecule has 0 saturated heterocycles. The smallest absolute Gasteiger partial charge is 0.161 e. The van der Waals surface area contributed by atoms with Crippen LogP contribution in [0.5, 0.6) is 11.5 Å². The van der Waals surface area contributed by atoms with E-state index in [-0.39, 0.29) is 0 Å². The second-order valence-electron chi connectivity index (χ2n) is 6.56. The summed E-state index contributed by atoms with van der Waals surface area (Å²) in [6.07, 6.45) is 3.53. The summed E-state index contributed by atoms with van der Waals surface area (Å²) in [6, 6.07) is 20.3. The molecule has 0 amide bonds. The molecule has 3 rings (SSSR count). The van der Waals surface area contributed by atoms with E-state index >= 15 is 0 Å². The molecule has 146 valence electrons. The minimum Gasteiger partial charge on any atom is -0.493 e. The van der Waals surface area contributed by atoms with Crippen molar-refractivity contribution in [3.63, 3.8) is 0 Å². The molecular weight excluding hydrogens is 350 g/mol. The van der Waals surface area contributed by atoms with Crippen LogP contribution in [0.1, 0.15) is 11.1 Å². The van der Waals surface area contributed by atoms with E-state index in [0.717, 1.165) is 42.3 Å². The topological polar surface area (TPSA) is 46.6 Å². The summed E-state index contributed by atoms with van der Waals surface area (Å²) in [4.78, 5) is 6.26. The predicted octanol–water partition coefficient (Wildman–Crippen LogP) is 3.90. The Kier molecular flexibility index (Phi) is 7.27. The molecule has 28 heavy (non-hydrogen) atoms. The van der Waals surface area contributed by atoms with E-state index in [1.807, 2.05) is 30.3 Å². The maximum Gasteiger partial charge on any atom is 0.161 e. The molecule has 0 radical (unpaired) electrons. The van der Waals surface area contributed by atoms with Crippen molar-refractivity contribution in [1.29, 1.82) is 0 Å². The fourth-order valence-corrected chi connectivity index (χ4v) is 2.87. The highest BCUT2D eigenvalue weighted by Crippen LogP contribution is 2.28. The summed E-state index contributed by atoms with van der Waals surface area (Å²) in [5.74, 6) is 1.49. The molecule has 2 aromatic carbocycles. The molecule has 0 spiro atoms. The van der Waals surface area contributed by atoms with Gasteiger partial charge in [0.05, 0.1) is 7.11 Å². The van der Waals surface area contributed by atoms with Gasteiger partial charge in [-0.15, -0.1) is 0 Å². The molecule has 0 saturated carbocycles. The van der Waals surface area contributed by atoms with E-state index in [1.54, 1.807) is 19.5 Å². The minimum atomic E-state index is 0.488. The second-order valence-corrected chi connectivity index (χ2v) is 6.56. The lowest BCUT2D eigenvalue weighted by Gasteiger charge is -2.19. The largest absolute Gasteiger partial charge is 0.493 e. The van der Waals surface area contributed by atoms with Gasteiger partial charge in [-0.2, -0.15) is 0 Å². The van der Waals surface area contributed by atoms with Crippen molar-refractivity contribution in [2.45, 2.75) is 13.2 Å². The van der Waals surface area contributed by atoms with Gasteiger partial charge < -0.3 is 19.7 Å². The first-order valence-electron chi connectivity index (χ1n) is 9.42. The zero-order valence-electron chi connectivity index (χ0n) is 16.5. The Bertz CT molecular complexity index is 841. The Morgan fingerprint density at radius 3 is 2.46 bits per heavy atom. The SMILES string of the molecule is COc1cc(CNCCN(C)c2ccccc2)ccc1OCc1ccncc1. The number of pyridine rings is 1. The van der Waals surface area contributed by atoms with Crippen LogP contribution in [0.3, 0.4) is 0 Å². The molecule has 5 heteroatoms. The molecule has 3 aromatic rings. The lowest BCUT2D eigenvalue weighted by molar-refractivity contribution is 0.284. The number of ether oxygens (including phenoxy) is 2. The third kappa shape index (κ3) is 5.72. The molecule has 1 heterocycles. The van der Waals surface area contributed by atoms with Gasteiger partial charge in [0.2, 0.25) is 0 Å². The van der Waals surface area contributed by atoms with Crippen LogP contribution < -0.4 is 19.7 Å². The Hall–Kier alpha value is -3.05. The van der Waals surface area contributed by atoms with Crippen molar-refractivity contribution in [3.8, 4) is 11.5 Å². The minimum absolute atomic E-state index is 0.488. The first-order chi connectivity index (χ1) is 13.8. The van der Waals surface area contributed by atoms with Crippen LogP contribution in [0.2, 0.25) is 0 Å². The fraction of sp³-hybridized carbons (Fsp3) is 0.261. The first-order valence-corrected chi connectivity index (χ1v) is 9.42. The Morgan fingerprint density at radius 2 is 1.71 bits per heavy atom. The number of hydrogen-bond donors (Lipinski definition) is 1. The van der Waals surface area contributed by atoms with Crippen molar-refractivity contribution in [2.24, 2.45) is 0 Å². The van der Waals surface area contributed by atoms with Crippen molar-refractivity contribution in [3.05, 3.63) is 84.2 Å². The van der Waals surface area contributed by atoms with Gasteiger partial charge in [-0.25, -0.2) is 0 Å². The van der Waals surface area contributed by atoms with Gasteiger partial charge in [-0.05, 0) is 47.5 Å². The highest BCUT2D eigenvalue weighted by Gasteiger charge is 2.07. The number of anilines is 1. The normalized spacial score (nSPS) is 10.5. The highest BCUT2D eigenvalue weighted by atomic mass is 16.5. The quantitative estimate of drug-likeness (QED) is 0.543. The molecule has 0 bridgehead atoms. The van der Waals surface area contributed by atoms with Gasteiger partial charge in [0.15, 0.2) is 11.5 Å². The predicted molar refractivity (Wildman–Crippen MR) is 113 cm³/mol. The zero-order chi connectivity index (χ0) is 19.6. The number of hydrogen-bond acceptors (Lipinski definition) is 5. The van der Waals surface area contributed by atoms with Crippen LogP contribution in [0.15, 0.2) is 73.1 Å². The standard InChI is InChI=1S/C23H27N3O2/c1-26(21-6-4-3-5-7-21)15-14-25-17-20-8-9-22(23(16-20)27-2)28-18-19-10-12-24-13-11-19/h3-13,16,25H,14-15,17-18H2,1-2H3. The molecule has 1 N–H and O–H groups in total. The van der Waals surface area contributed by atoms with E-state index in [2.05, 4.69) is 52.6 Å². The molecule has 0 fully saturated rings. The fourth-order valence-electron chi connectivity index (χ4n) is 2.87. The average Bonchev–Trinajstić information content (AvgIpc) is 2.76. The molecule has 0 aliphatic carbocycles. The third-order valence-electron chi connectivity index (χ3n) is 4.52. The molecule has 0 aliphatic rings. The van der Waals surface area contributed by atoms with Crippen LogP contribution in [-0.2, 0) is 13.2 Å². The number of likely N-dealkylation sites (N-methyl/N-ethyl adjacent to an activating group) is 1. The van der Waals surface area contributed by atoms with Crippen LogP contribution in [-0.4, -0.2) is 32.2 Å². The van der Waals surface area contributed by atoms with E-state index in [9.17, 15) is 0 Å². The van der Waals surface area contributed by atoms with Gasteiger partial charge in [0, 0.05) is 44.8 Å². The summed E-state index contributed by atoms with van der Waals surface area (Å²) in [5.41, 5.74) is 3.46. The lowest BCUT2D eigenvalue weighted by Crippen LogP contribution is -2.28. The monoisotopic (exact) mass is 377 g/mol. The second kappa shape index (κ2) is 10.3. The van der Waals surface area contributed by atoms with E-state index in [0.29, 0.717) is 6.61 Å². The van der Waals surface area contributed by atoms with Crippen molar-refractivity contribution < 1.29 is 9.47 Å². The maximum atomic E-state index is 5.90. The molecule has 5 nitrogen and oxygen atoms in total. The van der Waals surface area contributed by atoms with Crippen LogP contribution in [0, 0.1) is 0 Å². The summed E-state index contributed by atoms with van der Waals surface area (Å²) < 4.78 is 11.4. The van der Waals surface area contributed by atoms with Gasteiger partial charge in [-0.1, -0.05) is 24.3 Å². The Morgan fingerprint density at radius 1 is 0.929 bits per heavy atom. The van der Waals surface area contributed by atoms with E-state index in [1.165, 1.54) is 5.69 Å². The number of para-hydroxylation sites is 1. The Balaban J connectivity index is 1.48.